The number of sulfonamides is 1. The molecule has 0 aromatic heterocycles. The number of carbonyl (C=O) groups excluding carboxylic acids is 1. The molecule has 1 N–H and O–H groups in total. The summed E-state index contributed by atoms with van der Waals surface area (Å²) in [7, 11) is -3.94. The number of benzene rings is 3. The SMILES string of the molecule is Cc1cc(C)cc(N(CC(=O)NCc2ccc3c(c2)OCO3)S(=O)(=O)c2ccccc2)c1. The lowest BCUT2D eigenvalue weighted by Crippen LogP contribution is -2.40. The Kier molecular flexibility index (Phi) is 6.05. The highest BCUT2D eigenvalue weighted by molar-refractivity contribution is 7.92. The predicted octanol–water partition coefficient (Wildman–Crippen LogP) is 3.54. The monoisotopic (exact) mass is 452 g/mol. The fraction of sp³-hybridized carbons (Fsp3) is 0.208. The third kappa shape index (κ3) is 4.70. The molecule has 0 atom stereocenters. The second-order valence-electron chi connectivity index (χ2n) is 7.63. The van der Waals surface area contributed by atoms with Crippen LogP contribution in [-0.4, -0.2) is 27.7 Å². The first kappa shape index (κ1) is 21.7. The molecule has 3 aromatic carbocycles. The summed E-state index contributed by atoms with van der Waals surface area (Å²) in [5, 5.41) is 2.80. The molecule has 8 heteroatoms. The normalized spacial score (nSPS) is 12.4. The summed E-state index contributed by atoms with van der Waals surface area (Å²) in [6.45, 7) is 3.85. The Morgan fingerprint density at radius 1 is 0.938 bits per heavy atom. The largest absolute Gasteiger partial charge is 0.454 e. The Bertz CT molecular complexity index is 1220. The minimum atomic E-state index is -3.94. The maximum absolute atomic E-state index is 13.4. The van der Waals surface area contributed by atoms with Crippen LogP contribution >= 0.6 is 0 Å². The number of hydrogen-bond acceptors (Lipinski definition) is 5. The van der Waals surface area contributed by atoms with Gasteiger partial charge in [-0.25, -0.2) is 8.42 Å². The van der Waals surface area contributed by atoms with Crippen LogP contribution in [0.25, 0.3) is 0 Å². The van der Waals surface area contributed by atoms with E-state index in [1.54, 1.807) is 42.5 Å². The van der Waals surface area contributed by atoms with Crippen molar-refractivity contribution in [1.29, 1.82) is 0 Å². The maximum Gasteiger partial charge on any atom is 0.264 e. The average molecular weight is 453 g/mol. The highest BCUT2D eigenvalue weighted by atomic mass is 32.2. The second kappa shape index (κ2) is 8.92. The lowest BCUT2D eigenvalue weighted by atomic mass is 10.1. The van der Waals surface area contributed by atoms with Crippen LogP contribution in [-0.2, 0) is 21.4 Å². The van der Waals surface area contributed by atoms with Gasteiger partial charge >= 0.3 is 0 Å². The average Bonchev–Trinajstić information content (AvgIpc) is 3.24. The van der Waals surface area contributed by atoms with E-state index in [1.807, 2.05) is 26.0 Å². The van der Waals surface area contributed by atoms with Gasteiger partial charge in [-0.05, 0) is 66.9 Å². The van der Waals surface area contributed by atoms with Crippen molar-refractivity contribution < 1.29 is 22.7 Å². The van der Waals surface area contributed by atoms with E-state index in [0.29, 0.717) is 17.2 Å². The van der Waals surface area contributed by atoms with E-state index in [9.17, 15) is 13.2 Å². The number of nitrogens with one attached hydrogen (secondary N) is 1. The van der Waals surface area contributed by atoms with E-state index >= 15 is 0 Å². The molecule has 0 unspecified atom stereocenters. The Morgan fingerprint density at radius 3 is 2.34 bits per heavy atom. The number of ether oxygens (including phenoxy) is 2. The van der Waals surface area contributed by atoms with Crippen molar-refractivity contribution >= 4 is 21.6 Å². The molecule has 0 aliphatic carbocycles. The molecular formula is C24H24N2O5S. The molecule has 32 heavy (non-hydrogen) atoms. The molecule has 166 valence electrons. The number of nitrogens with zero attached hydrogens (tertiary/aromatic N) is 1. The van der Waals surface area contributed by atoms with Crippen molar-refractivity contribution in [3.63, 3.8) is 0 Å². The Morgan fingerprint density at radius 2 is 1.62 bits per heavy atom. The smallest absolute Gasteiger partial charge is 0.264 e. The van der Waals surface area contributed by atoms with Crippen LogP contribution in [0.5, 0.6) is 11.5 Å². The van der Waals surface area contributed by atoms with Crippen LogP contribution in [0, 0.1) is 13.8 Å². The number of anilines is 1. The molecule has 7 nitrogen and oxygen atoms in total. The predicted molar refractivity (Wildman–Crippen MR) is 121 cm³/mol. The molecule has 1 aliphatic heterocycles. The van der Waals surface area contributed by atoms with Gasteiger partial charge in [-0.1, -0.05) is 30.3 Å². The maximum atomic E-state index is 13.4. The van der Waals surface area contributed by atoms with Crippen molar-refractivity contribution in [1.82, 2.24) is 5.32 Å². The van der Waals surface area contributed by atoms with Crippen molar-refractivity contribution in [3.8, 4) is 11.5 Å². The zero-order valence-corrected chi connectivity index (χ0v) is 18.7. The number of amides is 1. The molecule has 1 aliphatic rings. The Balaban J connectivity index is 1.56. The summed E-state index contributed by atoms with van der Waals surface area (Å²) in [6, 6.07) is 19.0. The van der Waals surface area contributed by atoms with Crippen LogP contribution in [0.3, 0.4) is 0 Å². The van der Waals surface area contributed by atoms with Crippen LogP contribution in [0.2, 0.25) is 0 Å². The van der Waals surface area contributed by atoms with Crippen LogP contribution in [0.1, 0.15) is 16.7 Å². The standard InChI is InChI=1S/C24H24N2O5S/c1-17-10-18(2)12-20(11-17)26(32(28,29)21-6-4-3-5-7-21)15-24(27)25-14-19-8-9-22-23(13-19)31-16-30-22/h3-13H,14-16H2,1-2H3,(H,25,27). The molecular weight excluding hydrogens is 428 g/mol. The lowest BCUT2D eigenvalue weighted by Gasteiger charge is -2.25. The van der Waals surface area contributed by atoms with Crippen LogP contribution in [0.15, 0.2) is 71.6 Å². The zero-order valence-electron chi connectivity index (χ0n) is 17.9. The van der Waals surface area contributed by atoms with E-state index in [2.05, 4.69) is 5.32 Å². The third-order valence-corrected chi connectivity index (χ3v) is 6.83. The summed E-state index contributed by atoms with van der Waals surface area (Å²) < 4.78 is 38.6. The molecule has 0 saturated heterocycles. The topological polar surface area (TPSA) is 84.9 Å². The second-order valence-corrected chi connectivity index (χ2v) is 9.50. The van der Waals surface area contributed by atoms with Crippen molar-refractivity contribution in [2.24, 2.45) is 0 Å². The van der Waals surface area contributed by atoms with Gasteiger partial charge in [0.2, 0.25) is 12.7 Å². The van der Waals surface area contributed by atoms with E-state index in [4.69, 9.17) is 9.47 Å². The molecule has 0 fully saturated rings. The summed E-state index contributed by atoms with van der Waals surface area (Å²) in [4.78, 5) is 12.9. The van der Waals surface area contributed by atoms with Gasteiger partial charge in [0.25, 0.3) is 10.0 Å². The molecule has 3 aromatic rings. The van der Waals surface area contributed by atoms with Gasteiger partial charge in [-0.15, -0.1) is 0 Å². The molecule has 0 bridgehead atoms. The quantitative estimate of drug-likeness (QED) is 0.593. The Labute approximate surface area is 187 Å². The van der Waals surface area contributed by atoms with Gasteiger partial charge in [-0.2, -0.15) is 0 Å². The summed E-state index contributed by atoms with van der Waals surface area (Å²) >= 11 is 0. The van der Waals surface area contributed by atoms with Gasteiger partial charge in [0.05, 0.1) is 10.6 Å². The van der Waals surface area contributed by atoms with Crippen molar-refractivity contribution in [2.45, 2.75) is 25.3 Å². The van der Waals surface area contributed by atoms with E-state index in [1.165, 1.54) is 12.1 Å². The number of rotatable bonds is 7. The molecule has 0 spiro atoms. The first-order valence-corrected chi connectivity index (χ1v) is 11.6. The van der Waals surface area contributed by atoms with Gasteiger partial charge in [0, 0.05) is 6.54 Å². The molecule has 1 heterocycles. The number of carbonyl (C=O) groups is 1. The van der Waals surface area contributed by atoms with E-state index < -0.39 is 15.9 Å². The number of aryl methyl sites for hydroxylation is 2. The van der Waals surface area contributed by atoms with Gasteiger partial charge in [0.15, 0.2) is 11.5 Å². The number of fused-ring (bicyclic) bond motifs is 1. The van der Waals surface area contributed by atoms with E-state index in [-0.39, 0.29) is 24.8 Å². The fourth-order valence-electron chi connectivity index (χ4n) is 3.57. The van der Waals surface area contributed by atoms with Crippen LogP contribution in [0.4, 0.5) is 5.69 Å². The Hall–Kier alpha value is -3.52. The van der Waals surface area contributed by atoms with E-state index in [0.717, 1.165) is 21.0 Å². The molecule has 1 amide bonds. The third-order valence-electron chi connectivity index (χ3n) is 5.04. The summed E-state index contributed by atoms with van der Waals surface area (Å²) in [6.07, 6.45) is 0. The minimum absolute atomic E-state index is 0.128. The summed E-state index contributed by atoms with van der Waals surface area (Å²) in [5.74, 6) is 0.872. The van der Waals surface area contributed by atoms with Gasteiger partial charge < -0.3 is 14.8 Å². The lowest BCUT2D eigenvalue weighted by molar-refractivity contribution is -0.119. The van der Waals surface area contributed by atoms with Crippen molar-refractivity contribution in [2.75, 3.05) is 17.6 Å². The van der Waals surface area contributed by atoms with Gasteiger partial charge in [0.1, 0.15) is 6.54 Å². The molecule has 4 rings (SSSR count). The number of hydrogen-bond donors (Lipinski definition) is 1. The molecule has 0 saturated carbocycles. The van der Waals surface area contributed by atoms with Crippen LogP contribution < -0.4 is 19.1 Å². The fourth-order valence-corrected chi connectivity index (χ4v) is 4.99. The molecule has 0 radical (unpaired) electrons. The van der Waals surface area contributed by atoms with Crippen molar-refractivity contribution in [3.05, 3.63) is 83.4 Å². The first-order chi connectivity index (χ1) is 15.3. The minimum Gasteiger partial charge on any atom is -0.454 e. The first-order valence-electron chi connectivity index (χ1n) is 10.1. The highest BCUT2D eigenvalue weighted by Gasteiger charge is 2.27. The zero-order chi connectivity index (χ0) is 22.7. The van der Waals surface area contributed by atoms with Gasteiger partial charge in [-0.3, -0.25) is 9.10 Å². The summed E-state index contributed by atoms with van der Waals surface area (Å²) in [5.41, 5.74) is 3.10. The highest BCUT2D eigenvalue weighted by Crippen LogP contribution is 2.32.